The molecule has 0 saturated carbocycles. The molecular formula is C20H26O10S2. The first-order valence-corrected chi connectivity index (χ1v) is 12.3. The van der Waals surface area contributed by atoms with Crippen molar-refractivity contribution in [1.82, 2.24) is 0 Å². The van der Waals surface area contributed by atoms with Crippen LogP contribution in [0.15, 0.2) is 58.3 Å². The van der Waals surface area contributed by atoms with Gasteiger partial charge in [-0.15, -0.1) is 0 Å². The predicted molar refractivity (Wildman–Crippen MR) is 113 cm³/mol. The highest BCUT2D eigenvalue weighted by atomic mass is 32.2. The van der Waals surface area contributed by atoms with Crippen LogP contribution < -0.4 is 0 Å². The van der Waals surface area contributed by atoms with Gasteiger partial charge in [0.05, 0.1) is 23.0 Å². The average molecular weight is 491 g/mol. The van der Waals surface area contributed by atoms with Crippen molar-refractivity contribution >= 4 is 20.2 Å². The van der Waals surface area contributed by atoms with E-state index in [-0.39, 0.29) is 9.79 Å². The molecule has 0 bridgehead atoms. The molecule has 0 saturated heterocycles. The van der Waals surface area contributed by atoms with Crippen LogP contribution in [0.1, 0.15) is 11.1 Å². The first-order valence-electron chi connectivity index (χ1n) is 9.49. The Labute approximate surface area is 186 Å². The third kappa shape index (κ3) is 6.56. The molecule has 10 nitrogen and oxygen atoms in total. The lowest BCUT2D eigenvalue weighted by atomic mass is 10.0. The van der Waals surface area contributed by atoms with E-state index < -0.39 is 57.9 Å². The van der Waals surface area contributed by atoms with Crippen LogP contribution in [-0.2, 0) is 28.6 Å². The molecule has 2 aromatic carbocycles. The molecule has 4 N–H and O–H groups in total. The van der Waals surface area contributed by atoms with E-state index in [4.69, 9.17) is 8.37 Å². The van der Waals surface area contributed by atoms with Gasteiger partial charge in [0.2, 0.25) is 0 Å². The quantitative estimate of drug-likeness (QED) is 0.311. The van der Waals surface area contributed by atoms with Gasteiger partial charge in [0, 0.05) is 0 Å². The molecule has 0 heterocycles. The summed E-state index contributed by atoms with van der Waals surface area (Å²) in [5, 5.41) is 39.7. The normalized spacial score (nSPS) is 16.3. The van der Waals surface area contributed by atoms with Gasteiger partial charge < -0.3 is 20.4 Å². The van der Waals surface area contributed by atoms with Crippen molar-refractivity contribution in [2.45, 2.75) is 48.1 Å². The predicted octanol–water partition coefficient (Wildman–Crippen LogP) is -0.142. The molecule has 0 aliphatic carbocycles. The minimum Gasteiger partial charge on any atom is -0.394 e. The van der Waals surface area contributed by atoms with Crippen molar-refractivity contribution in [1.29, 1.82) is 0 Å². The Balaban J connectivity index is 2.18. The average Bonchev–Trinajstić information content (AvgIpc) is 2.75. The molecule has 32 heavy (non-hydrogen) atoms. The SMILES string of the molecule is Cc1ccc(S(=O)(=O)O[C@@H](CO)[C@H](O)[C@H](O)[C@@H](CO)OS(=O)(=O)c2ccc(C)cc2)cc1. The number of aliphatic hydroxyl groups excluding tert-OH is 4. The minimum absolute atomic E-state index is 0.250. The van der Waals surface area contributed by atoms with Crippen molar-refractivity contribution in [3.8, 4) is 0 Å². The van der Waals surface area contributed by atoms with Gasteiger partial charge in [-0.3, -0.25) is 8.37 Å². The lowest BCUT2D eigenvalue weighted by Crippen LogP contribution is -2.50. The van der Waals surface area contributed by atoms with E-state index in [0.717, 1.165) is 11.1 Å². The van der Waals surface area contributed by atoms with Crippen LogP contribution in [0.5, 0.6) is 0 Å². The minimum atomic E-state index is -4.43. The monoisotopic (exact) mass is 490 g/mol. The van der Waals surface area contributed by atoms with E-state index in [2.05, 4.69) is 0 Å². The highest BCUT2D eigenvalue weighted by Crippen LogP contribution is 2.21. The molecule has 0 radical (unpaired) electrons. The van der Waals surface area contributed by atoms with Gasteiger partial charge in [0.25, 0.3) is 20.2 Å². The van der Waals surface area contributed by atoms with E-state index in [0.29, 0.717) is 0 Å². The van der Waals surface area contributed by atoms with Gasteiger partial charge in [0.15, 0.2) is 0 Å². The maximum Gasteiger partial charge on any atom is 0.297 e. The zero-order valence-electron chi connectivity index (χ0n) is 17.4. The van der Waals surface area contributed by atoms with E-state index in [1.165, 1.54) is 48.5 Å². The van der Waals surface area contributed by atoms with Gasteiger partial charge in [-0.25, -0.2) is 0 Å². The smallest absolute Gasteiger partial charge is 0.297 e. The Morgan fingerprint density at radius 2 is 0.938 bits per heavy atom. The summed E-state index contributed by atoms with van der Waals surface area (Å²) in [5.74, 6) is 0. The van der Waals surface area contributed by atoms with Crippen molar-refractivity contribution < 1.29 is 45.6 Å². The third-order valence-electron chi connectivity index (χ3n) is 4.59. The van der Waals surface area contributed by atoms with E-state index in [9.17, 15) is 37.3 Å². The van der Waals surface area contributed by atoms with Gasteiger partial charge in [-0.1, -0.05) is 35.4 Å². The fraction of sp³-hybridized carbons (Fsp3) is 0.400. The molecule has 0 unspecified atom stereocenters. The van der Waals surface area contributed by atoms with Crippen molar-refractivity contribution in [2.24, 2.45) is 0 Å². The molecule has 4 atom stereocenters. The Morgan fingerprint density at radius 3 is 1.19 bits per heavy atom. The van der Waals surface area contributed by atoms with Crippen molar-refractivity contribution in [2.75, 3.05) is 13.2 Å². The summed E-state index contributed by atoms with van der Waals surface area (Å²) in [5.41, 5.74) is 1.58. The van der Waals surface area contributed by atoms with Crippen LogP contribution in [0.3, 0.4) is 0 Å². The highest BCUT2D eigenvalue weighted by Gasteiger charge is 2.38. The molecule has 0 amide bonds. The Kier molecular flexibility index (Phi) is 8.90. The molecule has 178 valence electrons. The van der Waals surface area contributed by atoms with Crippen LogP contribution in [-0.4, -0.2) is 74.9 Å². The lowest BCUT2D eigenvalue weighted by Gasteiger charge is -2.29. The summed E-state index contributed by atoms with van der Waals surface area (Å²) in [6, 6.07) is 11.1. The molecule has 0 aliphatic heterocycles. The fourth-order valence-electron chi connectivity index (χ4n) is 2.68. The standard InChI is InChI=1S/C20H26O10S2/c1-13-3-7-15(8-4-13)31(25,26)29-17(11-21)19(23)20(24)18(12-22)30-32(27,28)16-9-5-14(2)6-10-16/h3-10,17-24H,11-12H2,1-2H3/t17-,18+,19-,20+. The van der Waals surface area contributed by atoms with Crippen molar-refractivity contribution in [3.63, 3.8) is 0 Å². The first kappa shape index (κ1) is 26.4. The van der Waals surface area contributed by atoms with Crippen LogP contribution in [0.4, 0.5) is 0 Å². The Morgan fingerprint density at radius 1 is 0.656 bits per heavy atom. The third-order valence-corrected chi connectivity index (χ3v) is 7.29. The highest BCUT2D eigenvalue weighted by molar-refractivity contribution is 7.87. The molecule has 0 aliphatic rings. The summed E-state index contributed by atoms with van der Waals surface area (Å²) in [7, 11) is -8.87. The Bertz CT molecular complexity index is 991. The van der Waals surface area contributed by atoms with Crippen molar-refractivity contribution in [3.05, 3.63) is 59.7 Å². The van der Waals surface area contributed by atoms with Gasteiger partial charge in [0.1, 0.15) is 24.4 Å². The first-order chi connectivity index (χ1) is 14.9. The molecule has 12 heteroatoms. The summed E-state index contributed by atoms with van der Waals surface area (Å²) in [6.07, 6.45) is -7.97. The van der Waals surface area contributed by atoms with Crippen LogP contribution >= 0.6 is 0 Å². The second-order valence-corrected chi connectivity index (χ2v) is 10.3. The number of rotatable bonds is 11. The maximum absolute atomic E-state index is 12.4. The second-order valence-electron chi connectivity index (χ2n) is 7.15. The van der Waals surface area contributed by atoms with Crippen LogP contribution in [0.25, 0.3) is 0 Å². The largest absolute Gasteiger partial charge is 0.394 e. The van der Waals surface area contributed by atoms with E-state index >= 15 is 0 Å². The van der Waals surface area contributed by atoms with E-state index in [1.807, 2.05) is 0 Å². The van der Waals surface area contributed by atoms with Crippen LogP contribution in [0.2, 0.25) is 0 Å². The zero-order chi connectivity index (χ0) is 24.1. The van der Waals surface area contributed by atoms with Gasteiger partial charge >= 0.3 is 0 Å². The fourth-order valence-corrected chi connectivity index (χ4v) is 4.84. The summed E-state index contributed by atoms with van der Waals surface area (Å²) in [6.45, 7) is 1.42. The lowest BCUT2D eigenvalue weighted by molar-refractivity contribution is -0.107. The zero-order valence-corrected chi connectivity index (χ0v) is 19.0. The summed E-state index contributed by atoms with van der Waals surface area (Å²) >= 11 is 0. The topological polar surface area (TPSA) is 168 Å². The molecule has 0 spiro atoms. The van der Waals surface area contributed by atoms with Gasteiger partial charge in [-0.2, -0.15) is 16.8 Å². The van der Waals surface area contributed by atoms with E-state index in [1.54, 1.807) is 13.8 Å². The molecule has 2 aromatic rings. The Hall–Kier alpha value is -1.90. The number of aryl methyl sites for hydroxylation is 2. The number of hydrogen-bond donors (Lipinski definition) is 4. The molecular weight excluding hydrogens is 464 g/mol. The number of benzene rings is 2. The molecule has 2 rings (SSSR count). The van der Waals surface area contributed by atoms with Gasteiger partial charge in [-0.05, 0) is 38.1 Å². The summed E-state index contributed by atoms with van der Waals surface area (Å²) in [4.78, 5) is -0.500. The number of hydrogen-bond acceptors (Lipinski definition) is 10. The van der Waals surface area contributed by atoms with Crippen LogP contribution in [0, 0.1) is 13.8 Å². The molecule has 0 fully saturated rings. The second kappa shape index (κ2) is 10.8. The number of aliphatic hydroxyl groups is 4. The summed E-state index contributed by atoms with van der Waals surface area (Å²) < 4.78 is 59.4. The molecule has 0 aromatic heterocycles. The maximum atomic E-state index is 12.4.